The summed E-state index contributed by atoms with van der Waals surface area (Å²) in [5.41, 5.74) is 2.76. The van der Waals surface area contributed by atoms with Crippen LogP contribution in [0.4, 0.5) is 0 Å². The van der Waals surface area contributed by atoms with Crippen LogP contribution in [0.15, 0.2) is 77.3 Å². The topological polar surface area (TPSA) is 47.6 Å². The fraction of sp³-hybridized carbons (Fsp3) is 0.208. The van der Waals surface area contributed by atoms with Crippen LogP contribution in [0, 0.1) is 0 Å². The van der Waals surface area contributed by atoms with E-state index in [1.165, 1.54) is 0 Å². The summed E-state index contributed by atoms with van der Waals surface area (Å²) in [5, 5.41) is 3.19. The zero-order valence-corrected chi connectivity index (χ0v) is 17.5. The fourth-order valence-corrected chi connectivity index (χ4v) is 3.77. The molecule has 0 saturated carbocycles. The van der Waals surface area contributed by atoms with Crippen molar-refractivity contribution in [1.29, 1.82) is 0 Å². The van der Waals surface area contributed by atoms with Crippen molar-refractivity contribution in [1.82, 2.24) is 5.32 Å². The molecule has 1 unspecified atom stereocenters. The Hall–Kier alpha value is -2.79. The van der Waals surface area contributed by atoms with Gasteiger partial charge in [0.15, 0.2) is 11.5 Å². The van der Waals surface area contributed by atoms with Crippen molar-refractivity contribution in [2.45, 2.75) is 18.9 Å². The molecule has 1 N–H and O–H groups in total. The molecule has 0 aliphatic carbocycles. The second-order valence-corrected chi connectivity index (χ2v) is 7.90. The average Bonchev–Trinajstić information content (AvgIpc) is 2.99. The Morgan fingerprint density at radius 1 is 0.931 bits per heavy atom. The van der Waals surface area contributed by atoms with E-state index in [0.717, 1.165) is 33.5 Å². The highest BCUT2D eigenvalue weighted by molar-refractivity contribution is 9.10. The van der Waals surface area contributed by atoms with E-state index in [-0.39, 0.29) is 11.9 Å². The molecule has 148 valence electrons. The van der Waals surface area contributed by atoms with Gasteiger partial charge in [0.1, 0.15) is 0 Å². The third kappa shape index (κ3) is 4.98. The van der Waals surface area contributed by atoms with E-state index in [9.17, 15) is 4.79 Å². The lowest BCUT2D eigenvalue weighted by molar-refractivity contribution is 0.0936. The molecule has 1 atom stereocenters. The number of hydrogen-bond acceptors (Lipinski definition) is 3. The van der Waals surface area contributed by atoms with Crippen LogP contribution in [0.1, 0.15) is 33.9 Å². The SMILES string of the molecule is O=C(NC(Cc1ccccc1)c1ccc2c(c1)OCCCO2)c1cccc(Br)c1. The van der Waals surface area contributed by atoms with E-state index in [1.807, 2.05) is 60.7 Å². The van der Waals surface area contributed by atoms with E-state index in [1.54, 1.807) is 0 Å². The Kier molecular flexibility index (Phi) is 6.15. The first-order valence-electron chi connectivity index (χ1n) is 9.69. The summed E-state index contributed by atoms with van der Waals surface area (Å²) < 4.78 is 12.5. The highest BCUT2D eigenvalue weighted by atomic mass is 79.9. The van der Waals surface area contributed by atoms with Gasteiger partial charge < -0.3 is 14.8 Å². The van der Waals surface area contributed by atoms with Gasteiger partial charge in [-0.15, -0.1) is 0 Å². The lowest BCUT2D eigenvalue weighted by atomic mass is 9.98. The van der Waals surface area contributed by atoms with Crippen molar-refractivity contribution < 1.29 is 14.3 Å². The van der Waals surface area contributed by atoms with Gasteiger partial charge in [-0.3, -0.25) is 4.79 Å². The Balaban J connectivity index is 1.63. The molecule has 0 fully saturated rings. The van der Waals surface area contributed by atoms with Crippen molar-refractivity contribution in [3.05, 3.63) is 94.0 Å². The van der Waals surface area contributed by atoms with Gasteiger partial charge in [-0.2, -0.15) is 0 Å². The monoisotopic (exact) mass is 451 g/mol. The van der Waals surface area contributed by atoms with Crippen LogP contribution in [0.2, 0.25) is 0 Å². The number of carbonyl (C=O) groups excluding carboxylic acids is 1. The largest absolute Gasteiger partial charge is 0.490 e. The van der Waals surface area contributed by atoms with Crippen LogP contribution in [-0.4, -0.2) is 19.1 Å². The lowest BCUT2D eigenvalue weighted by Gasteiger charge is -2.21. The van der Waals surface area contributed by atoms with Gasteiger partial charge >= 0.3 is 0 Å². The van der Waals surface area contributed by atoms with Gasteiger partial charge in [-0.25, -0.2) is 0 Å². The highest BCUT2D eigenvalue weighted by Gasteiger charge is 2.20. The molecule has 0 spiro atoms. The predicted octanol–water partition coefficient (Wildman–Crippen LogP) is 5.32. The minimum Gasteiger partial charge on any atom is -0.490 e. The van der Waals surface area contributed by atoms with Crippen molar-refractivity contribution in [2.24, 2.45) is 0 Å². The molecule has 3 aromatic carbocycles. The lowest BCUT2D eigenvalue weighted by Crippen LogP contribution is -2.30. The molecule has 0 radical (unpaired) electrons. The molecule has 1 aliphatic heterocycles. The average molecular weight is 452 g/mol. The van der Waals surface area contributed by atoms with E-state index in [4.69, 9.17) is 9.47 Å². The summed E-state index contributed by atoms with van der Waals surface area (Å²) >= 11 is 3.43. The number of carbonyl (C=O) groups is 1. The molecular formula is C24H22BrNO3. The molecule has 4 nitrogen and oxygen atoms in total. The second-order valence-electron chi connectivity index (χ2n) is 6.98. The zero-order chi connectivity index (χ0) is 20.1. The van der Waals surface area contributed by atoms with Gasteiger partial charge in [-0.05, 0) is 47.9 Å². The number of ether oxygens (including phenoxy) is 2. The van der Waals surface area contributed by atoms with Crippen molar-refractivity contribution >= 4 is 21.8 Å². The normalized spacial score (nSPS) is 14.0. The minimum atomic E-state index is -0.193. The zero-order valence-electron chi connectivity index (χ0n) is 15.9. The summed E-state index contributed by atoms with van der Waals surface area (Å²) in [6, 6.07) is 23.3. The summed E-state index contributed by atoms with van der Waals surface area (Å²) in [4.78, 5) is 12.9. The number of hydrogen-bond donors (Lipinski definition) is 1. The molecule has 3 aromatic rings. The molecule has 0 bridgehead atoms. The molecule has 29 heavy (non-hydrogen) atoms. The van der Waals surface area contributed by atoms with Gasteiger partial charge in [0.25, 0.3) is 5.91 Å². The molecule has 0 aromatic heterocycles. The number of fused-ring (bicyclic) bond motifs is 1. The van der Waals surface area contributed by atoms with Crippen molar-refractivity contribution in [2.75, 3.05) is 13.2 Å². The first-order chi connectivity index (χ1) is 14.2. The smallest absolute Gasteiger partial charge is 0.251 e. The van der Waals surface area contributed by atoms with Crippen LogP contribution in [0.5, 0.6) is 11.5 Å². The Morgan fingerprint density at radius 3 is 2.52 bits per heavy atom. The third-order valence-corrected chi connectivity index (χ3v) is 5.34. The van der Waals surface area contributed by atoms with Gasteiger partial charge in [0, 0.05) is 16.5 Å². The van der Waals surface area contributed by atoms with Crippen LogP contribution in [0.25, 0.3) is 0 Å². The Labute approximate surface area is 179 Å². The summed E-state index contributed by atoms with van der Waals surface area (Å²) in [6.07, 6.45) is 1.54. The first-order valence-corrected chi connectivity index (χ1v) is 10.5. The number of nitrogens with one attached hydrogen (secondary N) is 1. The van der Waals surface area contributed by atoms with Crippen LogP contribution < -0.4 is 14.8 Å². The number of halogens is 1. The third-order valence-electron chi connectivity index (χ3n) is 4.85. The number of amides is 1. The maximum absolute atomic E-state index is 12.9. The quantitative estimate of drug-likeness (QED) is 0.570. The molecule has 1 aliphatic rings. The fourth-order valence-electron chi connectivity index (χ4n) is 3.37. The summed E-state index contributed by atoms with van der Waals surface area (Å²) in [5.74, 6) is 1.37. The molecule has 4 rings (SSSR count). The molecule has 1 amide bonds. The van der Waals surface area contributed by atoms with E-state index < -0.39 is 0 Å². The molecule has 0 saturated heterocycles. The van der Waals surface area contributed by atoms with Gasteiger partial charge in [0.05, 0.1) is 19.3 Å². The van der Waals surface area contributed by atoms with E-state index in [0.29, 0.717) is 25.2 Å². The first kappa shape index (κ1) is 19.5. The van der Waals surface area contributed by atoms with Gasteiger partial charge in [-0.1, -0.05) is 58.4 Å². The standard InChI is InChI=1S/C24H22BrNO3/c25-20-9-4-8-19(15-20)24(27)26-21(14-17-6-2-1-3-7-17)18-10-11-22-23(16-18)29-13-5-12-28-22/h1-4,6-11,15-16,21H,5,12-14H2,(H,26,27). The number of benzene rings is 3. The van der Waals surface area contributed by atoms with Crippen LogP contribution in [-0.2, 0) is 6.42 Å². The maximum atomic E-state index is 12.9. The summed E-state index contributed by atoms with van der Waals surface area (Å²) in [7, 11) is 0. The van der Waals surface area contributed by atoms with Crippen LogP contribution >= 0.6 is 15.9 Å². The Bertz CT molecular complexity index is 990. The van der Waals surface area contributed by atoms with Crippen LogP contribution in [0.3, 0.4) is 0 Å². The molecular weight excluding hydrogens is 430 g/mol. The molecule has 5 heteroatoms. The van der Waals surface area contributed by atoms with Crippen molar-refractivity contribution in [3.63, 3.8) is 0 Å². The summed E-state index contributed by atoms with van der Waals surface area (Å²) in [6.45, 7) is 1.28. The second kappa shape index (κ2) is 9.14. The van der Waals surface area contributed by atoms with Crippen molar-refractivity contribution in [3.8, 4) is 11.5 Å². The predicted molar refractivity (Wildman–Crippen MR) is 117 cm³/mol. The highest BCUT2D eigenvalue weighted by Crippen LogP contribution is 2.33. The number of rotatable bonds is 5. The Morgan fingerprint density at radius 2 is 1.72 bits per heavy atom. The van der Waals surface area contributed by atoms with E-state index in [2.05, 4.69) is 33.4 Å². The minimum absolute atomic E-state index is 0.112. The maximum Gasteiger partial charge on any atom is 0.251 e. The van der Waals surface area contributed by atoms with E-state index >= 15 is 0 Å². The molecule has 1 heterocycles. The van der Waals surface area contributed by atoms with Gasteiger partial charge in [0.2, 0.25) is 0 Å².